The summed E-state index contributed by atoms with van der Waals surface area (Å²) in [5.74, 6) is 2.34. The number of urea groups is 1. The summed E-state index contributed by atoms with van der Waals surface area (Å²) in [6.45, 7) is 1.32. The number of nitrogens with one attached hydrogen (secondary N) is 2. The molecule has 0 saturated heterocycles. The molecule has 2 heterocycles. The minimum Gasteiger partial charge on any atom is -0.454 e. The van der Waals surface area contributed by atoms with E-state index >= 15 is 0 Å². The molecule has 162 valence electrons. The number of hydrogen-bond acceptors (Lipinski definition) is 4. The van der Waals surface area contributed by atoms with Gasteiger partial charge in [-0.3, -0.25) is 0 Å². The van der Waals surface area contributed by atoms with Gasteiger partial charge in [0, 0.05) is 31.3 Å². The number of nitrogens with zero attached hydrogens (tertiary/aromatic N) is 2. The van der Waals surface area contributed by atoms with Crippen LogP contribution in [0.4, 0.5) is 10.5 Å². The van der Waals surface area contributed by atoms with E-state index in [0.29, 0.717) is 30.3 Å². The molecular weight excluding hydrogens is 404 g/mol. The van der Waals surface area contributed by atoms with Crippen molar-refractivity contribution in [2.24, 2.45) is 0 Å². The van der Waals surface area contributed by atoms with E-state index in [1.165, 1.54) is 5.56 Å². The molecule has 7 nitrogen and oxygen atoms in total. The van der Waals surface area contributed by atoms with Crippen molar-refractivity contribution in [2.45, 2.75) is 19.4 Å². The van der Waals surface area contributed by atoms with Crippen molar-refractivity contribution in [3.8, 4) is 11.5 Å². The number of imidazole rings is 1. The molecular formula is C25H24N4O3. The molecule has 0 radical (unpaired) electrons. The zero-order valence-electron chi connectivity index (χ0n) is 17.6. The highest BCUT2D eigenvalue weighted by molar-refractivity contribution is 5.89. The SMILES string of the molecule is O=C(NCCn1c(CCc2ccccc2)nc2ccccc21)Nc1ccc2c(c1)OCO2. The Labute approximate surface area is 186 Å². The van der Waals surface area contributed by atoms with E-state index in [0.717, 1.165) is 29.7 Å². The fourth-order valence-corrected chi connectivity index (χ4v) is 3.90. The lowest BCUT2D eigenvalue weighted by Gasteiger charge is -2.12. The van der Waals surface area contributed by atoms with Crippen molar-refractivity contribution in [2.75, 3.05) is 18.7 Å². The number of carbonyl (C=O) groups excluding carboxylic acids is 1. The highest BCUT2D eigenvalue weighted by atomic mass is 16.7. The van der Waals surface area contributed by atoms with E-state index < -0.39 is 0 Å². The number of ether oxygens (including phenoxy) is 2. The lowest BCUT2D eigenvalue weighted by atomic mass is 10.1. The van der Waals surface area contributed by atoms with Crippen LogP contribution in [0, 0.1) is 0 Å². The molecule has 1 aliphatic rings. The second-order valence-corrected chi connectivity index (χ2v) is 7.60. The predicted octanol–water partition coefficient (Wildman–Crippen LogP) is 4.37. The fraction of sp³-hybridized carbons (Fsp3) is 0.200. The molecule has 0 saturated carbocycles. The molecule has 0 spiro atoms. The summed E-state index contributed by atoms with van der Waals surface area (Å²) in [4.78, 5) is 17.2. The highest BCUT2D eigenvalue weighted by Crippen LogP contribution is 2.34. The molecule has 0 atom stereocenters. The Hall–Kier alpha value is -4.00. The lowest BCUT2D eigenvalue weighted by molar-refractivity contribution is 0.174. The first-order valence-corrected chi connectivity index (χ1v) is 10.7. The Morgan fingerprint density at radius 1 is 0.938 bits per heavy atom. The number of anilines is 1. The van der Waals surface area contributed by atoms with Gasteiger partial charge in [-0.1, -0.05) is 42.5 Å². The molecule has 32 heavy (non-hydrogen) atoms. The molecule has 7 heteroatoms. The number of fused-ring (bicyclic) bond motifs is 2. The monoisotopic (exact) mass is 428 g/mol. The zero-order chi connectivity index (χ0) is 21.8. The van der Waals surface area contributed by atoms with Crippen LogP contribution in [0.25, 0.3) is 11.0 Å². The number of carbonyl (C=O) groups is 1. The number of para-hydroxylation sites is 2. The third-order valence-corrected chi connectivity index (χ3v) is 5.47. The standard InChI is InChI=1S/C25H24N4O3/c30-25(27-19-11-12-22-23(16-19)32-17-31-22)26-14-15-29-21-9-5-4-8-20(21)28-24(29)13-10-18-6-2-1-3-7-18/h1-9,11-12,16H,10,13-15,17H2,(H2,26,27,30). The van der Waals surface area contributed by atoms with Crippen LogP contribution in [0.15, 0.2) is 72.8 Å². The molecule has 1 aliphatic heterocycles. The van der Waals surface area contributed by atoms with Crippen molar-refractivity contribution >= 4 is 22.8 Å². The van der Waals surface area contributed by atoms with Gasteiger partial charge in [-0.05, 0) is 36.2 Å². The summed E-state index contributed by atoms with van der Waals surface area (Å²) in [7, 11) is 0. The van der Waals surface area contributed by atoms with Crippen LogP contribution < -0.4 is 20.1 Å². The van der Waals surface area contributed by atoms with Gasteiger partial charge in [0.25, 0.3) is 0 Å². The van der Waals surface area contributed by atoms with E-state index in [4.69, 9.17) is 14.5 Å². The first kappa shape index (κ1) is 19.9. The van der Waals surface area contributed by atoms with Crippen LogP contribution in [0.1, 0.15) is 11.4 Å². The summed E-state index contributed by atoms with van der Waals surface area (Å²) in [5.41, 5.74) is 3.99. The van der Waals surface area contributed by atoms with Crippen LogP contribution >= 0.6 is 0 Å². The smallest absolute Gasteiger partial charge is 0.319 e. The van der Waals surface area contributed by atoms with Crippen molar-refractivity contribution in [1.29, 1.82) is 0 Å². The van der Waals surface area contributed by atoms with Gasteiger partial charge in [-0.2, -0.15) is 0 Å². The Balaban J connectivity index is 1.23. The van der Waals surface area contributed by atoms with Crippen LogP contribution in [-0.2, 0) is 19.4 Å². The van der Waals surface area contributed by atoms with Crippen molar-refractivity contribution in [3.63, 3.8) is 0 Å². The van der Waals surface area contributed by atoms with E-state index in [-0.39, 0.29) is 12.8 Å². The molecule has 0 bridgehead atoms. The van der Waals surface area contributed by atoms with Crippen molar-refractivity contribution in [1.82, 2.24) is 14.9 Å². The maximum atomic E-state index is 12.4. The van der Waals surface area contributed by atoms with Crippen LogP contribution in [-0.4, -0.2) is 28.9 Å². The van der Waals surface area contributed by atoms with Gasteiger partial charge in [0.1, 0.15) is 5.82 Å². The minimum absolute atomic E-state index is 0.205. The number of rotatable bonds is 7. The Kier molecular flexibility index (Phi) is 5.61. The highest BCUT2D eigenvalue weighted by Gasteiger charge is 2.14. The summed E-state index contributed by atoms with van der Waals surface area (Å²) in [6.07, 6.45) is 1.75. The molecule has 5 rings (SSSR count). The Bertz CT molecular complexity index is 1240. The average Bonchev–Trinajstić information content (AvgIpc) is 3.42. The predicted molar refractivity (Wildman–Crippen MR) is 123 cm³/mol. The van der Waals surface area contributed by atoms with Gasteiger partial charge in [0.05, 0.1) is 11.0 Å². The zero-order valence-corrected chi connectivity index (χ0v) is 17.6. The molecule has 1 aromatic heterocycles. The maximum Gasteiger partial charge on any atom is 0.319 e. The van der Waals surface area contributed by atoms with E-state index in [1.807, 2.05) is 24.3 Å². The van der Waals surface area contributed by atoms with E-state index in [2.05, 4.69) is 45.5 Å². The molecule has 4 aromatic rings. The van der Waals surface area contributed by atoms with Crippen LogP contribution in [0.5, 0.6) is 11.5 Å². The molecule has 0 unspecified atom stereocenters. The lowest BCUT2D eigenvalue weighted by Crippen LogP contribution is -2.31. The third kappa shape index (κ3) is 4.37. The molecule has 2 amide bonds. The van der Waals surface area contributed by atoms with Gasteiger partial charge in [-0.25, -0.2) is 9.78 Å². The Morgan fingerprint density at radius 3 is 2.66 bits per heavy atom. The second-order valence-electron chi connectivity index (χ2n) is 7.60. The average molecular weight is 428 g/mol. The van der Waals surface area contributed by atoms with Gasteiger partial charge in [0.15, 0.2) is 11.5 Å². The molecule has 3 aromatic carbocycles. The summed E-state index contributed by atoms with van der Waals surface area (Å²) in [5, 5.41) is 5.77. The normalized spacial score (nSPS) is 12.1. The molecule has 0 aliphatic carbocycles. The fourth-order valence-electron chi connectivity index (χ4n) is 3.90. The first-order chi connectivity index (χ1) is 15.8. The summed E-state index contributed by atoms with van der Waals surface area (Å²) < 4.78 is 12.8. The minimum atomic E-state index is -0.265. The van der Waals surface area contributed by atoms with Crippen molar-refractivity contribution < 1.29 is 14.3 Å². The number of hydrogen-bond donors (Lipinski definition) is 2. The van der Waals surface area contributed by atoms with Crippen molar-refractivity contribution in [3.05, 3.63) is 84.2 Å². The number of aromatic nitrogens is 2. The third-order valence-electron chi connectivity index (χ3n) is 5.47. The topological polar surface area (TPSA) is 77.4 Å². The number of amides is 2. The Morgan fingerprint density at radius 2 is 1.75 bits per heavy atom. The summed E-state index contributed by atoms with van der Waals surface area (Å²) in [6, 6.07) is 23.6. The van der Waals surface area contributed by atoms with Crippen LogP contribution in [0.2, 0.25) is 0 Å². The van der Waals surface area contributed by atoms with E-state index in [9.17, 15) is 4.79 Å². The first-order valence-electron chi connectivity index (χ1n) is 10.7. The maximum absolute atomic E-state index is 12.4. The number of benzene rings is 3. The quantitative estimate of drug-likeness (QED) is 0.458. The number of aryl methyl sites for hydroxylation is 2. The largest absolute Gasteiger partial charge is 0.454 e. The van der Waals surface area contributed by atoms with Crippen LogP contribution in [0.3, 0.4) is 0 Å². The van der Waals surface area contributed by atoms with Gasteiger partial charge in [-0.15, -0.1) is 0 Å². The van der Waals surface area contributed by atoms with Gasteiger partial charge >= 0.3 is 6.03 Å². The molecule has 0 fully saturated rings. The van der Waals surface area contributed by atoms with Gasteiger partial charge < -0.3 is 24.7 Å². The molecule has 2 N–H and O–H groups in total. The summed E-state index contributed by atoms with van der Waals surface area (Å²) >= 11 is 0. The van der Waals surface area contributed by atoms with E-state index in [1.54, 1.807) is 18.2 Å². The van der Waals surface area contributed by atoms with Gasteiger partial charge in [0.2, 0.25) is 6.79 Å². The second kappa shape index (κ2) is 9.01.